The van der Waals surface area contributed by atoms with Gasteiger partial charge in [0.05, 0.1) is 20.3 Å². The van der Waals surface area contributed by atoms with E-state index in [1.54, 1.807) is 39.0 Å². The third kappa shape index (κ3) is 4.90. The van der Waals surface area contributed by atoms with Gasteiger partial charge in [-0.2, -0.15) is 0 Å². The van der Waals surface area contributed by atoms with Crippen molar-refractivity contribution in [3.63, 3.8) is 0 Å². The number of aromatic nitrogens is 2. The maximum Gasteiger partial charge on any atom is 0.415 e. The normalized spacial score (nSPS) is 11.1. The van der Waals surface area contributed by atoms with E-state index in [0.717, 1.165) is 10.5 Å². The number of anilines is 1. The van der Waals surface area contributed by atoms with E-state index in [1.807, 2.05) is 0 Å². The highest BCUT2D eigenvalue weighted by Gasteiger charge is 2.27. The maximum absolute atomic E-state index is 12.2. The van der Waals surface area contributed by atoms with Gasteiger partial charge in [-0.15, -0.1) is 4.68 Å². The maximum atomic E-state index is 12.2. The summed E-state index contributed by atoms with van der Waals surface area (Å²) >= 11 is 0. The Morgan fingerprint density at radius 2 is 1.86 bits per heavy atom. The van der Waals surface area contributed by atoms with Crippen molar-refractivity contribution in [1.29, 1.82) is 0 Å². The SMILES string of the molecule is COc1ccc(Cn2nc(N(C)C(=O)OC(C)(C)C)cc2[N+](=O)[O-])cc1OC. The molecule has 0 bridgehead atoms. The Kier molecular flexibility index (Phi) is 6.12. The first-order valence-corrected chi connectivity index (χ1v) is 8.45. The van der Waals surface area contributed by atoms with Crippen molar-refractivity contribution in [3.05, 3.63) is 39.9 Å². The molecule has 0 atom stereocenters. The minimum absolute atomic E-state index is 0.110. The zero-order chi connectivity index (χ0) is 21.1. The van der Waals surface area contributed by atoms with Crippen LogP contribution in [-0.2, 0) is 11.3 Å². The smallest absolute Gasteiger partial charge is 0.415 e. The molecule has 1 heterocycles. The highest BCUT2D eigenvalue weighted by molar-refractivity contribution is 5.86. The summed E-state index contributed by atoms with van der Waals surface area (Å²) in [4.78, 5) is 24.2. The molecule has 0 fully saturated rings. The van der Waals surface area contributed by atoms with E-state index in [-0.39, 0.29) is 18.2 Å². The summed E-state index contributed by atoms with van der Waals surface area (Å²) in [7, 11) is 4.47. The third-order valence-corrected chi connectivity index (χ3v) is 3.72. The standard InChI is InChI=1S/C18H24N4O6/c1-18(2,3)28-17(23)20(4)15-10-16(22(24)25)21(19-15)11-12-7-8-13(26-5)14(9-12)27-6/h7-10H,11H2,1-6H3. The second kappa shape index (κ2) is 8.15. The van der Waals surface area contributed by atoms with E-state index in [4.69, 9.17) is 14.2 Å². The van der Waals surface area contributed by atoms with E-state index in [1.165, 1.54) is 32.0 Å². The Morgan fingerprint density at radius 1 is 1.21 bits per heavy atom. The van der Waals surface area contributed by atoms with E-state index < -0.39 is 16.6 Å². The van der Waals surface area contributed by atoms with Gasteiger partial charge in [-0.3, -0.25) is 4.90 Å². The van der Waals surface area contributed by atoms with Crippen LogP contribution >= 0.6 is 0 Å². The zero-order valence-corrected chi connectivity index (χ0v) is 16.8. The summed E-state index contributed by atoms with van der Waals surface area (Å²) in [5.41, 5.74) is 0.0229. The molecule has 10 heteroatoms. The number of hydrogen-bond donors (Lipinski definition) is 0. The molecule has 1 aromatic heterocycles. The molecule has 0 aliphatic rings. The quantitative estimate of drug-likeness (QED) is 0.548. The van der Waals surface area contributed by atoms with Crippen molar-refractivity contribution in [3.8, 4) is 11.5 Å². The van der Waals surface area contributed by atoms with Crippen molar-refractivity contribution in [2.45, 2.75) is 32.9 Å². The monoisotopic (exact) mass is 392 g/mol. The molecule has 0 aliphatic carbocycles. The lowest BCUT2D eigenvalue weighted by molar-refractivity contribution is -0.392. The predicted octanol–water partition coefficient (Wildman–Crippen LogP) is 3.23. The average Bonchev–Trinajstić information content (AvgIpc) is 3.03. The Labute approximate surface area is 162 Å². The number of ether oxygens (including phenoxy) is 3. The van der Waals surface area contributed by atoms with Crippen LogP contribution in [0, 0.1) is 10.1 Å². The number of hydrogen-bond acceptors (Lipinski definition) is 7. The topological polar surface area (TPSA) is 109 Å². The van der Waals surface area contributed by atoms with Crippen molar-refractivity contribution in [2.75, 3.05) is 26.2 Å². The average molecular weight is 392 g/mol. The predicted molar refractivity (Wildman–Crippen MR) is 102 cm³/mol. The Balaban J connectivity index is 2.32. The van der Waals surface area contributed by atoms with Crippen LogP contribution < -0.4 is 14.4 Å². The molecule has 1 aromatic carbocycles. The molecule has 0 aliphatic heterocycles. The van der Waals surface area contributed by atoms with Crippen molar-refractivity contribution < 1.29 is 23.9 Å². The number of nitro groups is 1. The van der Waals surface area contributed by atoms with Crippen LogP contribution in [-0.4, -0.2) is 47.7 Å². The number of nitrogens with zero attached hydrogens (tertiary/aromatic N) is 4. The van der Waals surface area contributed by atoms with E-state index in [0.29, 0.717) is 11.5 Å². The lowest BCUT2D eigenvalue weighted by atomic mass is 10.2. The highest BCUT2D eigenvalue weighted by atomic mass is 16.6. The van der Waals surface area contributed by atoms with Crippen molar-refractivity contribution in [2.24, 2.45) is 0 Å². The van der Waals surface area contributed by atoms with Gasteiger partial charge in [0, 0.05) is 7.05 Å². The van der Waals surface area contributed by atoms with Gasteiger partial charge in [0.15, 0.2) is 17.3 Å². The molecular weight excluding hydrogens is 368 g/mol. The summed E-state index contributed by atoms with van der Waals surface area (Å²) < 4.78 is 16.9. The van der Waals surface area contributed by atoms with E-state index in [9.17, 15) is 14.9 Å². The molecule has 28 heavy (non-hydrogen) atoms. The first-order valence-electron chi connectivity index (χ1n) is 8.45. The van der Waals surface area contributed by atoms with E-state index in [2.05, 4.69) is 5.10 Å². The fraction of sp³-hybridized carbons (Fsp3) is 0.444. The molecule has 0 spiro atoms. The van der Waals surface area contributed by atoms with Crippen LogP contribution in [0.2, 0.25) is 0 Å². The number of carbonyl (C=O) groups is 1. The van der Waals surface area contributed by atoms with Crippen LogP contribution in [0.15, 0.2) is 24.3 Å². The molecule has 10 nitrogen and oxygen atoms in total. The number of benzene rings is 1. The van der Waals surface area contributed by atoms with Crippen LogP contribution in [0.3, 0.4) is 0 Å². The van der Waals surface area contributed by atoms with Gasteiger partial charge < -0.3 is 24.3 Å². The van der Waals surface area contributed by atoms with Crippen molar-refractivity contribution in [1.82, 2.24) is 9.78 Å². The molecule has 0 saturated carbocycles. The zero-order valence-electron chi connectivity index (χ0n) is 16.8. The van der Waals surface area contributed by atoms with Crippen LogP contribution in [0.25, 0.3) is 0 Å². The Bertz CT molecular complexity index is 871. The minimum Gasteiger partial charge on any atom is -0.493 e. The Morgan fingerprint density at radius 3 is 2.39 bits per heavy atom. The van der Waals surface area contributed by atoms with Gasteiger partial charge >= 0.3 is 11.9 Å². The summed E-state index contributed by atoms with van der Waals surface area (Å²) in [5, 5.41) is 15.6. The molecule has 2 aromatic rings. The fourth-order valence-corrected chi connectivity index (χ4v) is 2.40. The van der Waals surface area contributed by atoms with Gasteiger partial charge in [-0.25, -0.2) is 4.79 Å². The van der Waals surface area contributed by atoms with Crippen molar-refractivity contribution >= 4 is 17.7 Å². The van der Waals surface area contributed by atoms with E-state index >= 15 is 0 Å². The number of carbonyl (C=O) groups excluding carboxylic acids is 1. The second-order valence-corrected chi connectivity index (χ2v) is 7.00. The van der Waals surface area contributed by atoms with Gasteiger partial charge in [-0.05, 0) is 43.4 Å². The summed E-state index contributed by atoms with van der Waals surface area (Å²) in [6.07, 6.45) is -0.654. The largest absolute Gasteiger partial charge is 0.493 e. The molecule has 0 N–H and O–H groups in total. The van der Waals surface area contributed by atoms with Gasteiger partial charge in [0.25, 0.3) is 0 Å². The number of amides is 1. The van der Waals surface area contributed by atoms with Crippen LogP contribution in [0.1, 0.15) is 26.3 Å². The number of methoxy groups -OCH3 is 2. The summed E-state index contributed by atoms with van der Waals surface area (Å²) in [6, 6.07) is 6.40. The highest BCUT2D eigenvalue weighted by Crippen LogP contribution is 2.29. The molecule has 0 saturated heterocycles. The second-order valence-electron chi connectivity index (χ2n) is 7.00. The van der Waals surface area contributed by atoms with Gasteiger partial charge in [0.2, 0.25) is 0 Å². The lowest BCUT2D eigenvalue weighted by Gasteiger charge is -2.22. The summed E-state index contributed by atoms with van der Waals surface area (Å²) in [5.74, 6) is 0.911. The molecule has 2 rings (SSSR count). The fourth-order valence-electron chi connectivity index (χ4n) is 2.40. The third-order valence-electron chi connectivity index (χ3n) is 3.72. The van der Waals surface area contributed by atoms with Gasteiger partial charge in [0.1, 0.15) is 12.1 Å². The number of rotatable bonds is 6. The summed E-state index contributed by atoms with van der Waals surface area (Å²) in [6.45, 7) is 5.31. The minimum atomic E-state index is -0.695. The van der Waals surface area contributed by atoms with Crippen LogP contribution in [0.4, 0.5) is 16.4 Å². The first-order chi connectivity index (χ1) is 13.1. The molecule has 1 amide bonds. The molecule has 0 radical (unpaired) electrons. The molecular formula is C18H24N4O6. The van der Waals surface area contributed by atoms with Gasteiger partial charge in [-0.1, -0.05) is 11.2 Å². The Hall–Kier alpha value is -3.30. The first kappa shape index (κ1) is 21.0. The lowest BCUT2D eigenvalue weighted by Crippen LogP contribution is -2.34. The molecule has 0 unspecified atom stereocenters. The van der Waals surface area contributed by atoms with Crippen LogP contribution in [0.5, 0.6) is 11.5 Å². The molecule has 152 valence electrons.